The number of hydrogen-bond donors (Lipinski definition) is 1. The average Bonchev–Trinajstić information content (AvgIpc) is 2.37. The molecule has 18 heavy (non-hydrogen) atoms. The van der Waals surface area contributed by atoms with Gasteiger partial charge in [-0.15, -0.1) is 0 Å². The number of hydrogen-bond acceptors (Lipinski definition) is 1. The Labute approximate surface area is 105 Å². The molecule has 1 aromatic carbocycles. The Morgan fingerprint density at radius 1 is 1.17 bits per heavy atom. The quantitative estimate of drug-likeness (QED) is 0.846. The zero-order valence-electron chi connectivity index (χ0n) is 10.0. The van der Waals surface area contributed by atoms with E-state index in [1.165, 1.54) is 12.1 Å². The SMILES string of the molecule is FC(F)(F)c1ccccc1/C=C/C1CCCCN1. The van der Waals surface area contributed by atoms with Gasteiger partial charge in [0.1, 0.15) is 0 Å². The van der Waals surface area contributed by atoms with E-state index >= 15 is 0 Å². The summed E-state index contributed by atoms with van der Waals surface area (Å²) in [5.74, 6) is 0. The van der Waals surface area contributed by atoms with E-state index in [1.54, 1.807) is 12.1 Å². The predicted molar refractivity (Wildman–Crippen MR) is 66.1 cm³/mol. The zero-order chi connectivity index (χ0) is 13.0. The van der Waals surface area contributed by atoms with E-state index in [4.69, 9.17) is 0 Å². The summed E-state index contributed by atoms with van der Waals surface area (Å²) in [5, 5.41) is 3.28. The molecule has 98 valence electrons. The van der Waals surface area contributed by atoms with Crippen LogP contribution in [0.15, 0.2) is 30.3 Å². The maximum absolute atomic E-state index is 12.8. The highest BCUT2D eigenvalue weighted by Crippen LogP contribution is 2.32. The van der Waals surface area contributed by atoms with Gasteiger partial charge in [-0.1, -0.05) is 36.8 Å². The molecule has 1 fully saturated rings. The van der Waals surface area contributed by atoms with E-state index in [2.05, 4.69) is 5.32 Å². The van der Waals surface area contributed by atoms with Crippen LogP contribution in [0.2, 0.25) is 0 Å². The van der Waals surface area contributed by atoms with Crippen LogP contribution in [0.5, 0.6) is 0 Å². The molecule has 0 amide bonds. The molecule has 0 saturated carbocycles. The van der Waals surface area contributed by atoms with Crippen molar-refractivity contribution < 1.29 is 13.2 Å². The first-order valence-corrected chi connectivity index (χ1v) is 6.15. The van der Waals surface area contributed by atoms with E-state index in [9.17, 15) is 13.2 Å². The van der Waals surface area contributed by atoms with E-state index < -0.39 is 11.7 Å². The third-order valence-electron chi connectivity index (χ3n) is 3.12. The van der Waals surface area contributed by atoms with Crippen molar-refractivity contribution in [3.05, 3.63) is 41.5 Å². The zero-order valence-corrected chi connectivity index (χ0v) is 10.0. The van der Waals surface area contributed by atoms with Gasteiger partial charge in [0.2, 0.25) is 0 Å². The van der Waals surface area contributed by atoms with Crippen molar-refractivity contribution in [3.63, 3.8) is 0 Å². The van der Waals surface area contributed by atoms with Crippen LogP contribution < -0.4 is 5.32 Å². The predicted octanol–water partition coefficient (Wildman–Crippen LogP) is 3.86. The van der Waals surface area contributed by atoms with Crippen LogP contribution in [0.3, 0.4) is 0 Å². The summed E-state index contributed by atoms with van der Waals surface area (Å²) in [5.41, 5.74) is -0.338. The number of rotatable bonds is 2. The van der Waals surface area contributed by atoms with Crippen LogP contribution in [0.4, 0.5) is 13.2 Å². The highest BCUT2D eigenvalue weighted by molar-refractivity contribution is 5.55. The second-order valence-corrected chi connectivity index (χ2v) is 4.50. The van der Waals surface area contributed by atoms with Crippen LogP contribution in [-0.4, -0.2) is 12.6 Å². The molecule has 0 radical (unpaired) electrons. The Morgan fingerprint density at radius 2 is 1.94 bits per heavy atom. The van der Waals surface area contributed by atoms with Crippen LogP contribution in [0.1, 0.15) is 30.4 Å². The maximum atomic E-state index is 12.8. The first-order chi connectivity index (χ1) is 8.57. The Balaban J connectivity index is 2.15. The van der Waals surface area contributed by atoms with Gasteiger partial charge in [0.05, 0.1) is 5.56 Å². The molecular formula is C14H16F3N. The molecule has 1 aliphatic rings. The van der Waals surface area contributed by atoms with Crippen LogP contribution in [-0.2, 0) is 6.18 Å². The molecule has 1 aromatic rings. The van der Waals surface area contributed by atoms with E-state index in [-0.39, 0.29) is 11.6 Å². The molecule has 1 atom stereocenters. The smallest absolute Gasteiger partial charge is 0.311 e. The lowest BCUT2D eigenvalue weighted by atomic mass is 10.0. The number of benzene rings is 1. The molecule has 1 heterocycles. The highest BCUT2D eigenvalue weighted by Gasteiger charge is 2.32. The summed E-state index contributed by atoms with van der Waals surface area (Å²) in [6.45, 7) is 0.940. The summed E-state index contributed by atoms with van der Waals surface area (Å²) >= 11 is 0. The molecule has 1 saturated heterocycles. The first kappa shape index (κ1) is 13.1. The maximum Gasteiger partial charge on any atom is 0.416 e. The molecule has 1 nitrogen and oxygen atoms in total. The standard InChI is InChI=1S/C14H16F3N/c15-14(16,17)13-7-2-1-5-11(13)8-9-12-6-3-4-10-18-12/h1-2,5,7-9,12,18H,3-4,6,10H2/b9-8+. The van der Waals surface area contributed by atoms with E-state index in [0.717, 1.165) is 31.9 Å². The lowest BCUT2D eigenvalue weighted by Gasteiger charge is -2.20. The van der Waals surface area contributed by atoms with Crippen molar-refractivity contribution in [1.29, 1.82) is 0 Å². The molecule has 0 bridgehead atoms. The molecule has 4 heteroatoms. The number of nitrogens with one attached hydrogen (secondary N) is 1. The molecule has 1 unspecified atom stereocenters. The third-order valence-corrected chi connectivity index (χ3v) is 3.12. The van der Waals surface area contributed by atoms with Gasteiger partial charge in [0.15, 0.2) is 0 Å². The van der Waals surface area contributed by atoms with Crippen LogP contribution in [0.25, 0.3) is 6.08 Å². The molecule has 1 aliphatic heterocycles. The summed E-state index contributed by atoms with van der Waals surface area (Å²) in [4.78, 5) is 0. The molecule has 2 rings (SSSR count). The minimum absolute atomic E-state index is 0.194. The van der Waals surface area contributed by atoms with Crippen LogP contribution in [0, 0.1) is 0 Å². The Morgan fingerprint density at radius 3 is 2.61 bits per heavy atom. The van der Waals surface area contributed by atoms with Crippen molar-refractivity contribution in [3.8, 4) is 0 Å². The average molecular weight is 255 g/mol. The van der Waals surface area contributed by atoms with Gasteiger partial charge < -0.3 is 5.32 Å². The largest absolute Gasteiger partial charge is 0.416 e. The van der Waals surface area contributed by atoms with Crippen molar-refractivity contribution >= 4 is 6.08 Å². The number of alkyl halides is 3. The van der Waals surface area contributed by atoms with Crippen molar-refractivity contribution in [2.75, 3.05) is 6.54 Å². The van der Waals surface area contributed by atoms with Crippen molar-refractivity contribution in [2.24, 2.45) is 0 Å². The summed E-state index contributed by atoms with van der Waals surface area (Å²) in [6, 6.07) is 5.86. The Hall–Kier alpha value is -1.29. The van der Waals surface area contributed by atoms with Crippen LogP contribution >= 0.6 is 0 Å². The van der Waals surface area contributed by atoms with Gasteiger partial charge in [-0.3, -0.25) is 0 Å². The Bertz CT molecular complexity index is 417. The van der Waals surface area contributed by atoms with E-state index in [0.29, 0.717) is 0 Å². The van der Waals surface area contributed by atoms with Gasteiger partial charge in [-0.25, -0.2) is 0 Å². The van der Waals surface area contributed by atoms with Gasteiger partial charge in [-0.2, -0.15) is 13.2 Å². The minimum Gasteiger partial charge on any atom is -0.311 e. The summed E-state index contributed by atoms with van der Waals surface area (Å²) in [7, 11) is 0. The van der Waals surface area contributed by atoms with Crippen molar-refractivity contribution in [1.82, 2.24) is 5.32 Å². The molecular weight excluding hydrogens is 239 g/mol. The fraction of sp³-hybridized carbons (Fsp3) is 0.429. The second kappa shape index (κ2) is 5.57. The first-order valence-electron chi connectivity index (χ1n) is 6.15. The lowest BCUT2D eigenvalue weighted by molar-refractivity contribution is -0.137. The van der Waals surface area contributed by atoms with Crippen molar-refractivity contribution in [2.45, 2.75) is 31.5 Å². The normalized spacial score (nSPS) is 21.4. The minimum atomic E-state index is -4.29. The topological polar surface area (TPSA) is 12.0 Å². The molecule has 1 N–H and O–H groups in total. The lowest BCUT2D eigenvalue weighted by Crippen LogP contribution is -2.32. The molecule has 0 spiro atoms. The highest BCUT2D eigenvalue weighted by atomic mass is 19.4. The Kier molecular flexibility index (Phi) is 4.07. The van der Waals surface area contributed by atoms with Gasteiger partial charge in [-0.05, 0) is 31.0 Å². The van der Waals surface area contributed by atoms with Gasteiger partial charge in [0.25, 0.3) is 0 Å². The monoisotopic (exact) mass is 255 g/mol. The van der Waals surface area contributed by atoms with Gasteiger partial charge in [0, 0.05) is 6.04 Å². The van der Waals surface area contributed by atoms with Gasteiger partial charge >= 0.3 is 6.18 Å². The second-order valence-electron chi connectivity index (χ2n) is 4.50. The number of halogens is 3. The number of piperidine rings is 1. The summed E-state index contributed by atoms with van der Waals surface area (Å²) in [6.07, 6.45) is 2.38. The van der Waals surface area contributed by atoms with E-state index in [1.807, 2.05) is 6.08 Å². The third kappa shape index (κ3) is 3.35. The fourth-order valence-electron chi connectivity index (χ4n) is 2.16. The molecule has 0 aliphatic carbocycles. The fourth-order valence-corrected chi connectivity index (χ4v) is 2.16. The molecule has 0 aromatic heterocycles. The summed E-state index contributed by atoms with van der Waals surface area (Å²) < 4.78 is 38.3.